The van der Waals surface area contributed by atoms with Crippen molar-refractivity contribution in [2.75, 3.05) is 0 Å². The second kappa shape index (κ2) is 6.49. The van der Waals surface area contributed by atoms with Crippen LogP contribution in [0.25, 0.3) is 0 Å². The third-order valence-corrected chi connectivity index (χ3v) is 2.64. The number of thioether (sulfide) groups is 1. The average Bonchev–Trinajstić information content (AvgIpc) is 1.84. The summed E-state index contributed by atoms with van der Waals surface area (Å²) in [7, 11) is 0. The lowest BCUT2D eigenvalue weighted by atomic mass is 10.1. The molecule has 0 radical (unpaired) electrons. The van der Waals surface area contributed by atoms with Gasteiger partial charge in [0.25, 0.3) is 0 Å². The van der Waals surface area contributed by atoms with Gasteiger partial charge in [-0.2, -0.15) is 0 Å². The molecule has 0 fully saturated rings. The van der Waals surface area contributed by atoms with E-state index in [-0.39, 0.29) is 11.2 Å². The molecule has 0 aliphatic carbocycles. The summed E-state index contributed by atoms with van der Waals surface area (Å²) in [6.07, 6.45) is 2.50. The van der Waals surface area contributed by atoms with Crippen molar-refractivity contribution in [2.45, 2.75) is 51.4 Å². The molecule has 0 amide bonds. The summed E-state index contributed by atoms with van der Waals surface area (Å²) < 4.78 is 0. The van der Waals surface area contributed by atoms with Crippen LogP contribution in [0.2, 0.25) is 0 Å². The molecule has 0 rings (SSSR count). The minimum absolute atomic E-state index is 0.147. The van der Waals surface area contributed by atoms with Crippen LogP contribution < -0.4 is 0 Å². The van der Waals surface area contributed by atoms with Gasteiger partial charge in [-0.05, 0) is 19.8 Å². The Bertz CT molecular complexity index is 134. The van der Waals surface area contributed by atoms with Gasteiger partial charge in [-0.3, -0.25) is 4.79 Å². The lowest BCUT2D eigenvalue weighted by molar-refractivity contribution is -0.109. The van der Waals surface area contributed by atoms with Crippen LogP contribution in [0.5, 0.6) is 0 Å². The minimum atomic E-state index is -0.298. The molecule has 0 aromatic carbocycles. The van der Waals surface area contributed by atoms with Crippen molar-refractivity contribution in [3.05, 3.63) is 0 Å². The molecular formula is C9H18O2S. The van der Waals surface area contributed by atoms with E-state index in [0.29, 0.717) is 5.25 Å². The van der Waals surface area contributed by atoms with E-state index in [1.54, 1.807) is 13.8 Å². The fourth-order valence-corrected chi connectivity index (χ4v) is 2.36. The second-order valence-electron chi connectivity index (χ2n) is 3.10. The summed E-state index contributed by atoms with van der Waals surface area (Å²) >= 11 is 1.35. The fraction of sp³-hybridized carbons (Fsp3) is 0.889. The van der Waals surface area contributed by atoms with Crippen molar-refractivity contribution in [3.8, 4) is 0 Å². The molecule has 0 aromatic heterocycles. The van der Waals surface area contributed by atoms with Crippen molar-refractivity contribution in [2.24, 2.45) is 0 Å². The number of rotatable bonds is 5. The van der Waals surface area contributed by atoms with Crippen LogP contribution in [0, 0.1) is 0 Å². The largest absolute Gasteiger partial charge is 0.393 e. The van der Waals surface area contributed by atoms with Crippen molar-refractivity contribution in [1.29, 1.82) is 0 Å². The van der Waals surface area contributed by atoms with Gasteiger partial charge in [-0.25, -0.2) is 0 Å². The van der Waals surface area contributed by atoms with Gasteiger partial charge in [0.1, 0.15) is 0 Å². The smallest absolute Gasteiger partial charge is 0.186 e. The molecule has 0 aliphatic heterocycles. The van der Waals surface area contributed by atoms with Crippen LogP contribution in [-0.2, 0) is 4.79 Å². The molecular weight excluding hydrogens is 172 g/mol. The maximum atomic E-state index is 10.8. The topological polar surface area (TPSA) is 37.3 Å². The first kappa shape index (κ1) is 12.0. The molecule has 0 saturated heterocycles. The molecule has 12 heavy (non-hydrogen) atoms. The lowest BCUT2D eigenvalue weighted by Gasteiger charge is -2.14. The molecule has 0 spiro atoms. The summed E-state index contributed by atoms with van der Waals surface area (Å²) in [4.78, 5) is 10.8. The monoisotopic (exact) mass is 190 g/mol. The highest BCUT2D eigenvalue weighted by Crippen LogP contribution is 2.21. The zero-order chi connectivity index (χ0) is 9.56. The van der Waals surface area contributed by atoms with Crippen LogP contribution in [0.3, 0.4) is 0 Å². The van der Waals surface area contributed by atoms with Gasteiger partial charge in [0.05, 0.1) is 6.10 Å². The van der Waals surface area contributed by atoms with E-state index in [4.69, 9.17) is 5.11 Å². The van der Waals surface area contributed by atoms with Gasteiger partial charge in [0.15, 0.2) is 5.12 Å². The number of carbonyl (C=O) groups excluding carboxylic acids is 1. The highest BCUT2D eigenvalue weighted by Gasteiger charge is 2.13. The van der Waals surface area contributed by atoms with Gasteiger partial charge in [-0.1, -0.05) is 25.1 Å². The Morgan fingerprint density at radius 1 is 1.58 bits per heavy atom. The zero-order valence-electron chi connectivity index (χ0n) is 8.04. The third kappa shape index (κ3) is 6.68. The highest BCUT2D eigenvalue weighted by molar-refractivity contribution is 8.14. The Kier molecular flexibility index (Phi) is 6.48. The first-order valence-electron chi connectivity index (χ1n) is 4.41. The van der Waals surface area contributed by atoms with Gasteiger partial charge < -0.3 is 5.11 Å². The van der Waals surface area contributed by atoms with E-state index in [0.717, 1.165) is 19.3 Å². The Labute approximate surface area is 78.7 Å². The van der Waals surface area contributed by atoms with E-state index in [1.165, 1.54) is 11.8 Å². The maximum Gasteiger partial charge on any atom is 0.186 e. The van der Waals surface area contributed by atoms with Gasteiger partial charge in [0.2, 0.25) is 0 Å². The number of hydrogen-bond donors (Lipinski definition) is 1. The SMILES string of the molecule is CCCC(CC(C)O)SC(C)=O. The van der Waals surface area contributed by atoms with E-state index in [2.05, 4.69) is 6.92 Å². The van der Waals surface area contributed by atoms with E-state index >= 15 is 0 Å². The normalized spacial score (nSPS) is 15.7. The molecule has 0 bridgehead atoms. The number of aliphatic hydroxyl groups is 1. The Morgan fingerprint density at radius 3 is 2.50 bits per heavy atom. The molecule has 0 saturated carbocycles. The Hall–Kier alpha value is -0.0200. The molecule has 72 valence electrons. The van der Waals surface area contributed by atoms with E-state index < -0.39 is 0 Å². The summed E-state index contributed by atoms with van der Waals surface area (Å²) in [5, 5.41) is 9.58. The fourth-order valence-electron chi connectivity index (χ4n) is 1.16. The lowest BCUT2D eigenvalue weighted by Crippen LogP contribution is -2.13. The Morgan fingerprint density at radius 2 is 2.17 bits per heavy atom. The quantitative estimate of drug-likeness (QED) is 0.722. The van der Waals surface area contributed by atoms with Gasteiger partial charge in [-0.15, -0.1) is 0 Å². The van der Waals surface area contributed by atoms with Crippen molar-refractivity contribution >= 4 is 16.9 Å². The van der Waals surface area contributed by atoms with Crippen molar-refractivity contribution in [1.82, 2.24) is 0 Å². The maximum absolute atomic E-state index is 10.8. The van der Waals surface area contributed by atoms with Crippen molar-refractivity contribution < 1.29 is 9.90 Å². The van der Waals surface area contributed by atoms with E-state index in [9.17, 15) is 4.79 Å². The number of hydrogen-bond acceptors (Lipinski definition) is 3. The highest BCUT2D eigenvalue weighted by atomic mass is 32.2. The molecule has 2 unspecified atom stereocenters. The molecule has 0 aromatic rings. The summed E-state index contributed by atoms with van der Waals surface area (Å²) in [5.41, 5.74) is 0. The van der Waals surface area contributed by atoms with Crippen LogP contribution in [0.1, 0.15) is 40.0 Å². The first-order chi connectivity index (χ1) is 5.56. The number of aliphatic hydroxyl groups excluding tert-OH is 1. The zero-order valence-corrected chi connectivity index (χ0v) is 8.86. The Balaban J connectivity index is 3.77. The standard InChI is InChI=1S/C9H18O2S/c1-4-5-9(6-7(2)10)12-8(3)11/h7,9-10H,4-6H2,1-3H3. The third-order valence-electron chi connectivity index (χ3n) is 1.55. The molecule has 0 aliphatic rings. The van der Waals surface area contributed by atoms with Gasteiger partial charge >= 0.3 is 0 Å². The predicted molar refractivity (Wildman–Crippen MR) is 53.3 cm³/mol. The summed E-state index contributed by atoms with van der Waals surface area (Å²) in [6.45, 7) is 5.44. The second-order valence-corrected chi connectivity index (χ2v) is 4.58. The first-order valence-corrected chi connectivity index (χ1v) is 5.29. The molecule has 0 heterocycles. The predicted octanol–water partition coefficient (Wildman–Crippen LogP) is 2.21. The summed E-state index contributed by atoms with van der Waals surface area (Å²) in [5.74, 6) is 0. The van der Waals surface area contributed by atoms with Crippen LogP contribution in [0.15, 0.2) is 0 Å². The average molecular weight is 190 g/mol. The van der Waals surface area contributed by atoms with Crippen LogP contribution in [0.4, 0.5) is 0 Å². The van der Waals surface area contributed by atoms with E-state index in [1.807, 2.05) is 0 Å². The van der Waals surface area contributed by atoms with Crippen molar-refractivity contribution in [3.63, 3.8) is 0 Å². The van der Waals surface area contributed by atoms with Gasteiger partial charge in [0, 0.05) is 12.2 Å². The van der Waals surface area contributed by atoms with Crippen LogP contribution in [-0.4, -0.2) is 21.6 Å². The molecule has 2 nitrogen and oxygen atoms in total. The minimum Gasteiger partial charge on any atom is -0.393 e. The summed E-state index contributed by atoms with van der Waals surface area (Å²) in [6, 6.07) is 0. The number of carbonyl (C=O) groups is 1. The van der Waals surface area contributed by atoms with Crippen LogP contribution >= 0.6 is 11.8 Å². The molecule has 2 atom stereocenters. The molecule has 1 N–H and O–H groups in total. The molecule has 3 heteroatoms.